The van der Waals surface area contributed by atoms with Gasteiger partial charge in [0.1, 0.15) is 0 Å². The van der Waals surface area contributed by atoms with Crippen LogP contribution >= 0.6 is 22.9 Å². The average Bonchev–Trinajstić information content (AvgIpc) is 2.83. The maximum Gasteiger partial charge on any atom is 0.0741 e. The third-order valence-corrected chi connectivity index (χ3v) is 3.87. The summed E-state index contributed by atoms with van der Waals surface area (Å²) in [4.78, 5) is 3.55. The minimum atomic E-state index is 0.618. The molecule has 2 N–H and O–H groups in total. The van der Waals surface area contributed by atoms with E-state index in [0.717, 1.165) is 18.8 Å². The van der Waals surface area contributed by atoms with E-state index < -0.39 is 0 Å². The summed E-state index contributed by atoms with van der Waals surface area (Å²) in [6.07, 6.45) is 0. The third-order valence-electron chi connectivity index (χ3n) is 2.68. The van der Waals surface area contributed by atoms with E-state index in [-0.39, 0.29) is 0 Å². The van der Waals surface area contributed by atoms with Crippen molar-refractivity contribution in [1.82, 2.24) is 0 Å². The van der Waals surface area contributed by atoms with E-state index in [4.69, 9.17) is 17.3 Å². The molecule has 0 radical (unpaired) electrons. The van der Waals surface area contributed by atoms with Gasteiger partial charge in [0.15, 0.2) is 0 Å². The Hall–Kier alpha value is -1.19. The highest BCUT2D eigenvalue weighted by atomic mass is 35.5. The Labute approximate surface area is 111 Å². The molecule has 1 aromatic carbocycles. The Kier molecular flexibility index (Phi) is 3.92. The molecular formula is C13H15ClN2S. The van der Waals surface area contributed by atoms with Gasteiger partial charge in [-0.05, 0) is 30.5 Å². The lowest BCUT2D eigenvalue weighted by Crippen LogP contribution is -2.22. The van der Waals surface area contributed by atoms with Crippen molar-refractivity contribution < 1.29 is 0 Å². The number of benzene rings is 1. The third kappa shape index (κ3) is 2.73. The van der Waals surface area contributed by atoms with Gasteiger partial charge in [0, 0.05) is 11.4 Å². The van der Waals surface area contributed by atoms with Gasteiger partial charge in [-0.3, -0.25) is 0 Å². The summed E-state index contributed by atoms with van der Waals surface area (Å²) < 4.78 is 0. The van der Waals surface area contributed by atoms with Gasteiger partial charge in [-0.2, -0.15) is 0 Å². The number of anilines is 2. The van der Waals surface area contributed by atoms with Gasteiger partial charge in [-0.1, -0.05) is 23.7 Å². The Morgan fingerprint density at radius 2 is 2.12 bits per heavy atom. The number of nitrogens with zero attached hydrogens (tertiary/aromatic N) is 1. The Morgan fingerprint density at radius 1 is 1.29 bits per heavy atom. The summed E-state index contributed by atoms with van der Waals surface area (Å²) in [5, 5.41) is 2.71. The van der Waals surface area contributed by atoms with Crippen LogP contribution in [0.25, 0.3) is 0 Å². The van der Waals surface area contributed by atoms with Crippen molar-refractivity contribution in [3.8, 4) is 0 Å². The lowest BCUT2D eigenvalue weighted by atomic mass is 10.2. The topological polar surface area (TPSA) is 29.3 Å². The second-order valence-electron chi connectivity index (χ2n) is 3.77. The maximum absolute atomic E-state index is 6.05. The largest absolute Gasteiger partial charge is 0.396 e. The van der Waals surface area contributed by atoms with Crippen LogP contribution in [0.1, 0.15) is 11.8 Å². The molecule has 2 aromatic rings. The second-order valence-corrected chi connectivity index (χ2v) is 5.21. The van der Waals surface area contributed by atoms with Gasteiger partial charge in [-0.25, -0.2) is 0 Å². The highest BCUT2D eigenvalue weighted by molar-refractivity contribution is 7.09. The number of nitrogen functional groups attached to an aromatic ring is 1. The second kappa shape index (κ2) is 5.43. The van der Waals surface area contributed by atoms with Crippen LogP contribution in [0.3, 0.4) is 0 Å². The highest BCUT2D eigenvalue weighted by Gasteiger charge is 2.11. The van der Waals surface area contributed by atoms with Gasteiger partial charge >= 0.3 is 0 Å². The first-order chi connectivity index (χ1) is 8.22. The average molecular weight is 267 g/mol. The molecule has 0 bridgehead atoms. The molecular weight excluding hydrogens is 252 g/mol. The lowest BCUT2D eigenvalue weighted by Gasteiger charge is -2.24. The molecule has 0 aliphatic rings. The van der Waals surface area contributed by atoms with Crippen LogP contribution < -0.4 is 10.6 Å². The number of halogens is 1. The van der Waals surface area contributed by atoms with Gasteiger partial charge < -0.3 is 10.6 Å². The molecule has 0 atom stereocenters. The first-order valence-corrected chi connectivity index (χ1v) is 6.79. The molecule has 0 saturated carbocycles. The molecule has 1 heterocycles. The molecule has 0 aliphatic carbocycles. The molecule has 0 unspecified atom stereocenters. The molecule has 0 spiro atoms. The van der Waals surface area contributed by atoms with Crippen LogP contribution in [0.5, 0.6) is 0 Å². The number of thiophene rings is 1. The summed E-state index contributed by atoms with van der Waals surface area (Å²) in [5.41, 5.74) is 7.69. The van der Waals surface area contributed by atoms with E-state index in [1.54, 1.807) is 11.3 Å². The van der Waals surface area contributed by atoms with E-state index in [0.29, 0.717) is 10.7 Å². The fourth-order valence-electron chi connectivity index (χ4n) is 1.76. The summed E-state index contributed by atoms with van der Waals surface area (Å²) in [7, 11) is 0. The van der Waals surface area contributed by atoms with E-state index >= 15 is 0 Å². The zero-order valence-electron chi connectivity index (χ0n) is 9.69. The van der Waals surface area contributed by atoms with Crippen molar-refractivity contribution in [2.75, 3.05) is 17.2 Å². The minimum Gasteiger partial charge on any atom is -0.396 e. The molecule has 90 valence electrons. The molecule has 17 heavy (non-hydrogen) atoms. The van der Waals surface area contributed by atoms with Gasteiger partial charge in [0.05, 0.1) is 22.9 Å². The highest BCUT2D eigenvalue weighted by Crippen LogP contribution is 2.31. The first kappa shape index (κ1) is 12.3. The SMILES string of the molecule is CCN(Cc1cccs1)c1cccc(Cl)c1N. The van der Waals surface area contributed by atoms with Crippen LogP contribution in [0.15, 0.2) is 35.7 Å². The predicted octanol–water partition coefficient (Wildman–Crippen LogP) is 4.01. The first-order valence-electron chi connectivity index (χ1n) is 5.53. The molecule has 1 aromatic heterocycles. The van der Waals surface area contributed by atoms with Gasteiger partial charge in [0.2, 0.25) is 0 Å². The summed E-state index contributed by atoms with van der Waals surface area (Å²) >= 11 is 7.80. The monoisotopic (exact) mass is 266 g/mol. The minimum absolute atomic E-state index is 0.618. The number of para-hydroxylation sites is 1. The molecule has 0 saturated heterocycles. The normalized spacial score (nSPS) is 10.5. The van der Waals surface area contributed by atoms with Crippen molar-refractivity contribution in [3.63, 3.8) is 0 Å². The van der Waals surface area contributed by atoms with Crippen molar-refractivity contribution in [3.05, 3.63) is 45.6 Å². The molecule has 2 nitrogen and oxygen atoms in total. The Morgan fingerprint density at radius 3 is 2.76 bits per heavy atom. The van der Waals surface area contributed by atoms with Crippen LogP contribution in [0.2, 0.25) is 5.02 Å². The lowest BCUT2D eigenvalue weighted by molar-refractivity contribution is 0.844. The van der Waals surface area contributed by atoms with E-state index in [9.17, 15) is 0 Å². The van der Waals surface area contributed by atoms with Crippen LogP contribution in [-0.4, -0.2) is 6.54 Å². The summed E-state index contributed by atoms with van der Waals surface area (Å²) in [5.74, 6) is 0. The quantitative estimate of drug-likeness (QED) is 0.848. The van der Waals surface area contributed by atoms with Crippen molar-refractivity contribution in [1.29, 1.82) is 0 Å². The van der Waals surface area contributed by atoms with E-state index in [1.807, 2.05) is 18.2 Å². The van der Waals surface area contributed by atoms with E-state index in [1.165, 1.54) is 4.88 Å². The molecule has 0 fully saturated rings. The van der Waals surface area contributed by atoms with Crippen molar-refractivity contribution in [2.45, 2.75) is 13.5 Å². The van der Waals surface area contributed by atoms with Crippen molar-refractivity contribution >= 4 is 34.3 Å². The van der Waals surface area contributed by atoms with Crippen LogP contribution in [0.4, 0.5) is 11.4 Å². The van der Waals surface area contributed by atoms with Gasteiger partial charge in [-0.15, -0.1) is 11.3 Å². The summed E-state index contributed by atoms with van der Waals surface area (Å²) in [6, 6.07) is 9.96. The Balaban J connectivity index is 2.26. The van der Waals surface area contributed by atoms with Crippen LogP contribution in [-0.2, 0) is 6.54 Å². The van der Waals surface area contributed by atoms with E-state index in [2.05, 4.69) is 29.3 Å². The Bertz CT molecular complexity index is 482. The van der Waals surface area contributed by atoms with Gasteiger partial charge in [0.25, 0.3) is 0 Å². The smallest absolute Gasteiger partial charge is 0.0741 e. The number of nitrogens with two attached hydrogens (primary N) is 1. The molecule has 0 aliphatic heterocycles. The number of hydrogen-bond acceptors (Lipinski definition) is 3. The molecule has 4 heteroatoms. The molecule has 0 amide bonds. The number of hydrogen-bond donors (Lipinski definition) is 1. The zero-order valence-corrected chi connectivity index (χ0v) is 11.3. The maximum atomic E-state index is 6.05. The predicted molar refractivity (Wildman–Crippen MR) is 76.9 cm³/mol. The molecule has 2 rings (SSSR count). The van der Waals surface area contributed by atoms with Crippen molar-refractivity contribution in [2.24, 2.45) is 0 Å². The zero-order chi connectivity index (χ0) is 12.3. The van der Waals surface area contributed by atoms with Crippen LogP contribution in [0, 0.1) is 0 Å². The fraction of sp³-hybridized carbons (Fsp3) is 0.231. The fourth-order valence-corrected chi connectivity index (χ4v) is 2.65. The standard InChI is InChI=1S/C13H15ClN2S/c1-2-16(9-10-5-4-8-17-10)12-7-3-6-11(14)13(12)15/h3-8H,2,9,15H2,1H3. The number of rotatable bonds is 4. The summed E-state index contributed by atoms with van der Waals surface area (Å²) in [6.45, 7) is 3.90.